The third-order valence-corrected chi connectivity index (χ3v) is 4.61. The number of amides is 1. The Morgan fingerprint density at radius 2 is 1.83 bits per heavy atom. The first kappa shape index (κ1) is 12.2. The lowest BCUT2D eigenvalue weighted by Crippen LogP contribution is -2.40. The van der Waals surface area contributed by atoms with Gasteiger partial charge in [-0.1, -0.05) is 22.0 Å². The maximum atomic E-state index is 12.5. The molecule has 1 saturated heterocycles. The van der Waals surface area contributed by atoms with Crippen LogP contribution in [-0.2, 0) is 17.6 Å². The number of fused-ring (bicyclic) bond motifs is 1. The molecule has 1 aliphatic carbocycles. The molecular formula is C15H18BrNO. The number of likely N-dealkylation sites (tertiary alicyclic amines) is 1. The van der Waals surface area contributed by atoms with Crippen LogP contribution in [0.25, 0.3) is 0 Å². The van der Waals surface area contributed by atoms with Crippen LogP contribution in [0.15, 0.2) is 22.7 Å². The van der Waals surface area contributed by atoms with Gasteiger partial charge in [-0.05, 0) is 55.4 Å². The summed E-state index contributed by atoms with van der Waals surface area (Å²) in [4.78, 5) is 14.5. The van der Waals surface area contributed by atoms with Crippen LogP contribution in [0.3, 0.4) is 0 Å². The Balaban J connectivity index is 1.71. The van der Waals surface area contributed by atoms with Gasteiger partial charge in [0.05, 0.1) is 0 Å². The largest absolute Gasteiger partial charge is 0.342 e. The summed E-state index contributed by atoms with van der Waals surface area (Å²) in [6.45, 7) is 1.94. The van der Waals surface area contributed by atoms with Gasteiger partial charge in [0.2, 0.25) is 5.91 Å². The van der Waals surface area contributed by atoms with Crippen molar-refractivity contribution < 1.29 is 4.79 Å². The Kier molecular flexibility index (Phi) is 3.42. The molecule has 1 fully saturated rings. The van der Waals surface area contributed by atoms with E-state index in [-0.39, 0.29) is 5.92 Å². The normalized spacial score (nSPS) is 22.9. The van der Waals surface area contributed by atoms with Crippen molar-refractivity contribution in [3.63, 3.8) is 0 Å². The Bertz CT molecular complexity index is 466. The Morgan fingerprint density at radius 3 is 2.61 bits per heavy atom. The summed E-state index contributed by atoms with van der Waals surface area (Å²) < 4.78 is 1.12. The van der Waals surface area contributed by atoms with Crippen LogP contribution < -0.4 is 0 Å². The SMILES string of the molecule is O=C(C1Cc2ccc(Br)cc2C1)N1CCCCC1. The zero-order valence-corrected chi connectivity index (χ0v) is 12.1. The molecule has 1 aliphatic heterocycles. The van der Waals surface area contributed by atoms with E-state index in [0.717, 1.165) is 30.4 Å². The summed E-state index contributed by atoms with van der Waals surface area (Å²) in [6.07, 6.45) is 5.48. The van der Waals surface area contributed by atoms with Gasteiger partial charge in [0.25, 0.3) is 0 Å². The average molecular weight is 308 g/mol. The molecule has 2 aliphatic rings. The molecule has 0 aromatic heterocycles. The van der Waals surface area contributed by atoms with Crippen molar-refractivity contribution in [3.05, 3.63) is 33.8 Å². The zero-order chi connectivity index (χ0) is 12.5. The second kappa shape index (κ2) is 5.04. The van der Waals surface area contributed by atoms with Crippen LogP contribution in [0.4, 0.5) is 0 Å². The molecule has 2 nitrogen and oxygen atoms in total. The van der Waals surface area contributed by atoms with Gasteiger partial charge >= 0.3 is 0 Å². The maximum Gasteiger partial charge on any atom is 0.226 e. The predicted molar refractivity (Wildman–Crippen MR) is 75.5 cm³/mol. The standard InChI is InChI=1S/C15H18BrNO/c16-14-5-4-11-8-13(9-12(11)10-14)15(18)17-6-2-1-3-7-17/h4-5,10,13H,1-3,6-9H2. The number of carbonyl (C=O) groups excluding carboxylic acids is 1. The Labute approximate surface area is 116 Å². The first-order valence-corrected chi connectivity index (χ1v) is 7.59. The summed E-state index contributed by atoms with van der Waals surface area (Å²) in [5, 5.41) is 0. The molecule has 0 bridgehead atoms. The number of rotatable bonds is 1. The number of nitrogens with zero attached hydrogens (tertiary/aromatic N) is 1. The second-order valence-corrected chi connectivity index (χ2v) is 6.32. The molecule has 1 aromatic carbocycles. The summed E-state index contributed by atoms with van der Waals surface area (Å²) in [7, 11) is 0. The van der Waals surface area contributed by atoms with Crippen LogP contribution in [-0.4, -0.2) is 23.9 Å². The van der Waals surface area contributed by atoms with Gasteiger partial charge in [0.15, 0.2) is 0 Å². The van der Waals surface area contributed by atoms with Gasteiger partial charge in [0.1, 0.15) is 0 Å². The lowest BCUT2D eigenvalue weighted by molar-refractivity contribution is -0.136. The molecule has 0 spiro atoms. The van der Waals surface area contributed by atoms with Crippen molar-refractivity contribution in [3.8, 4) is 0 Å². The lowest BCUT2D eigenvalue weighted by atomic mass is 10.0. The number of hydrogen-bond donors (Lipinski definition) is 0. The van der Waals surface area contributed by atoms with E-state index in [2.05, 4.69) is 39.0 Å². The molecule has 0 N–H and O–H groups in total. The molecule has 1 heterocycles. The number of carbonyl (C=O) groups is 1. The highest BCUT2D eigenvalue weighted by atomic mass is 79.9. The van der Waals surface area contributed by atoms with Gasteiger partial charge in [0, 0.05) is 23.5 Å². The van der Waals surface area contributed by atoms with E-state index < -0.39 is 0 Å². The Hall–Kier alpha value is -0.830. The number of benzene rings is 1. The van der Waals surface area contributed by atoms with E-state index in [1.807, 2.05) is 0 Å². The predicted octanol–water partition coefficient (Wildman–Crippen LogP) is 3.18. The van der Waals surface area contributed by atoms with Gasteiger partial charge in [-0.2, -0.15) is 0 Å². The molecule has 1 unspecified atom stereocenters. The van der Waals surface area contributed by atoms with Crippen molar-refractivity contribution in [2.45, 2.75) is 32.1 Å². The highest BCUT2D eigenvalue weighted by molar-refractivity contribution is 9.10. The van der Waals surface area contributed by atoms with Gasteiger partial charge < -0.3 is 4.90 Å². The molecule has 0 radical (unpaired) electrons. The minimum absolute atomic E-state index is 0.187. The van der Waals surface area contributed by atoms with Crippen molar-refractivity contribution in [1.29, 1.82) is 0 Å². The zero-order valence-electron chi connectivity index (χ0n) is 10.5. The van der Waals surface area contributed by atoms with Crippen molar-refractivity contribution >= 4 is 21.8 Å². The van der Waals surface area contributed by atoms with Crippen LogP contribution in [0.5, 0.6) is 0 Å². The summed E-state index contributed by atoms with van der Waals surface area (Å²) in [5.74, 6) is 0.564. The lowest BCUT2D eigenvalue weighted by Gasteiger charge is -2.29. The molecule has 18 heavy (non-hydrogen) atoms. The molecule has 1 atom stereocenters. The molecule has 3 rings (SSSR count). The summed E-state index contributed by atoms with van der Waals surface area (Å²) in [6, 6.07) is 6.40. The van der Waals surface area contributed by atoms with Gasteiger partial charge in [-0.25, -0.2) is 0 Å². The fourth-order valence-corrected chi connectivity index (χ4v) is 3.54. The van der Waals surface area contributed by atoms with E-state index in [1.54, 1.807) is 0 Å². The van der Waals surface area contributed by atoms with E-state index >= 15 is 0 Å². The Morgan fingerprint density at radius 1 is 1.11 bits per heavy atom. The minimum atomic E-state index is 0.187. The van der Waals surface area contributed by atoms with Crippen LogP contribution in [0.1, 0.15) is 30.4 Å². The van der Waals surface area contributed by atoms with Crippen LogP contribution in [0.2, 0.25) is 0 Å². The molecular weight excluding hydrogens is 290 g/mol. The molecule has 1 aromatic rings. The van der Waals surface area contributed by atoms with Gasteiger partial charge in [-0.15, -0.1) is 0 Å². The fraction of sp³-hybridized carbons (Fsp3) is 0.533. The second-order valence-electron chi connectivity index (χ2n) is 5.40. The molecule has 0 saturated carbocycles. The molecule has 1 amide bonds. The summed E-state index contributed by atoms with van der Waals surface area (Å²) in [5.41, 5.74) is 2.70. The first-order chi connectivity index (χ1) is 8.74. The third kappa shape index (κ3) is 2.33. The average Bonchev–Trinajstić information content (AvgIpc) is 2.81. The van der Waals surface area contributed by atoms with E-state index in [0.29, 0.717) is 5.91 Å². The molecule has 3 heteroatoms. The van der Waals surface area contributed by atoms with Crippen molar-refractivity contribution in [2.75, 3.05) is 13.1 Å². The minimum Gasteiger partial charge on any atom is -0.342 e. The number of piperidine rings is 1. The fourth-order valence-electron chi connectivity index (χ4n) is 3.13. The van der Waals surface area contributed by atoms with Gasteiger partial charge in [-0.3, -0.25) is 4.79 Å². The summed E-state index contributed by atoms with van der Waals surface area (Å²) >= 11 is 3.50. The van der Waals surface area contributed by atoms with E-state index in [1.165, 1.54) is 30.4 Å². The number of hydrogen-bond acceptors (Lipinski definition) is 1. The van der Waals surface area contributed by atoms with E-state index in [4.69, 9.17) is 0 Å². The van der Waals surface area contributed by atoms with Crippen LogP contribution in [0, 0.1) is 5.92 Å². The number of halogens is 1. The van der Waals surface area contributed by atoms with Crippen molar-refractivity contribution in [1.82, 2.24) is 4.90 Å². The van der Waals surface area contributed by atoms with Crippen LogP contribution >= 0.6 is 15.9 Å². The third-order valence-electron chi connectivity index (χ3n) is 4.12. The smallest absolute Gasteiger partial charge is 0.226 e. The van der Waals surface area contributed by atoms with Crippen molar-refractivity contribution in [2.24, 2.45) is 5.92 Å². The monoisotopic (exact) mass is 307 g/mol. The van der Waals surface area contributed by atoms with E-state index in [9.17, 15) is 4.79 Å². The first-order valence-electron chi connectivity index (χ1n) is 6.80. The molecule has 96 valence electrons. The topological polar surface area (TPSA) is 20.3 Å². The highest BCUT2D eigenvalue weighted by Gasteiger charge is 2.31. The maximum absolute atomic E-state index is 12.5. The quantitative estimate of drug-likeness (QED) is 0.780. The highest BCUT2D eigenvalue weighted by Crippen LogP contribution is 2.30.